The fourth-order valence-electron chi connectivity index (χ4n) is 2.37. The number of amides is 1. The summed E-state index contributed by atoms with van der Waals surface area (Å²) in [5.41, 5.74) is 2.10. The highest BCUT2D eigenvalue weighted by Gasteiger charge is 2.20. The molecule has 2 rings (SSSR count). The van der Waals surface area contributed by atoms with E-state index in [1.54, 1.807) is 21.8 Å². The van der Waals surface area contributed by atoms with Crippen LogP contribution in [0.4, 0.5) is 0 Å². The summed E-state index contributed by atoms with van der Waals surface area (Å²) in [6, 6.07) is 1.79. The van der Waals surface area contributed by atoms with E-state index in [0.717, 1.165) is 23.9 Å². The van der Waals surface area contributed by atoms with E-state index in [0.29, 0.717) is 24.3 Å². The largest absolute Gasteiger partial charge is 0.395 e. The fraction of sp³-hybridized carbons (Fsp3) is 0.533. The number of unbranched alkanes of at least 4 members (excludes halogenated alkanes) is 1. The van der Waals surface area contributed by atoms with Gasteiger partial charge in [-0.2, -0.15) is 5.10 Å². The highest BCUT2D eigenvalue weighted by atomic mass is 16.3. The average molecular weight is 290 g/mol. The Morgan fingerprint density at radius 1 is 1.43 bits per heavy atom. The zero-order chi connectivity index (χ0) is 15.4. The molecule has 0 aliphatic rings. The molecule has 0 fully saturated rings. The third kappa shape index (κ3) is 3.21. The molecule has 6 heteroatoms. The van der Waals surface area contributed by atoms with E-state index in [-0.39, 0.29) is 12.5 Å². The SMILES string of the molecule is CCCCN(CCO)C(=O)c1cc(C)nc2c1cnn2C. The third-order valence-corrected chi connectivity index (χ3v) is 3.50. The third-order valence-electron chi connectivity index (χ3n) is 3.50. The molecule has 0 radical (unpaired) electrons. The zero-order valence-electron chi connectivity index (χ0n) is 12.8. The molecule has 0 unspecified atom stereocenters. The van der Waals surface area contributed by atoms with Gasteiger partial charge in [0.05, 0.1) is 23.8 Å². The Balaban J connectivity index is 2.41. The van der Waals surface area contributed by atoms with Crippen molar-refractivity contribution >= 4 is 16.9 Å². The number of aliphatic hydroxyl groups excluding tert-OH is 1. The number of hydrogen-bond acceptors (Lipinski definition) is 4. The molecule has 0 saturated carbocycles. The second kappa shape index (κ2) is 6.67. The van der Waals surface area contributed by atoms with Crippen LogP contribution in [0.15, 0.2) is 12.3 Å². The van der Waals surface area contributed by atoms with Crippen molar-refractivity contribution in [2.45, 2.75) is 26.7 Å². The standard InChI is InChI=1S/C15H22N4O2/c1-4-5-6-19(7-8-20)15(21)12-9-11(2)17-14-13(12)10-16-18(14)3/h9-10,20H,4-8H2,1-3H3. The normalized spacial score (nSPS) is 11.0. The van der Waals surface area contributed by atoms with E-state index in [1.165, 1.54) is 0 Å². The Kier molecular flexibility index (Phi) is 4.90. The van der Waals surface area contributed by atoms with Gasteiger partial charge in [-0.3, -0.25) is 9.48 Å². The predicted molar refractivity (Wildman–Crippen MR) is 81.1 cm³/mol. The highest BCUT2D eigenvalue weighted by molar-refractivity contribution is 6.05. The van der Waals surface area contributed by atoms with Gasteiger partial charge in [0.2, 0.25) is 0 Å². The van der Waals surface area contributed by atoms with Crippen molar-refractivity contribution < 1.29 is 9.90 Å². The van der Waals surface area contributed by atoms with Gasteiger partial charge in [-0.25, -0.2) is 4.98 Å². The van der Waals surface area contributed by atoms with Crippen molar-refractivity contribution in [3.63, 3.8) is 0 Å². The van der Waals surface area contributed by atoms with Crippen molar-refractivity contribution in [3.8, 4) is 0 Å². The van der Waals surface area contributed by atoms with Crippen LogP contribution >= 0.6 is 0 Å². The Labute approximate surface area is 124 Å². The molecule has 0 aromatic carbocycles. The molecule has 2 heterocycles. The van der Waals surface area contributed by atoms with Crippen LogP contribution in [0, 0.1) is 6.92 Å². The summed E-state index contributed by atoms with van der Waals surface area (Å²) in [7, 11) is 1.81. The van der Waals surface area contributed by atoms with E-state index >= 15 is 0 Å². The van der Waals surface area contributed by atoms with E-state index in [1.807, 2.05) is 14.0 Å². The van der Waals surface area contributed by atoms with Gasteiger partial charge in [-0.1, -0.05) is 13.3 Å². The number of carbonyl (C=O) groups is 1. The van der Waals surface area contributed by atoms with Gasteiger partial charge < -0.3 is 10.0 Å². The summed E-state index contributed by atoms with van der Waals surface area (Å²) in [5, 5.41) is 14.1. The lowest BCUT2D eigenvalue weighted by Crippen LogP contribution is -2.34. The Hall–Kier alpha value is -1.95. The number of aliphatic hydroxyl groups is 1. The first kappa shape index (κ1) is 15.4. The lowest BCUT2D eigenvalue weighted by atomic mass is 10.1. The van der Waals surface area contributed by atoms with Crippen LogP contribution in [0.3, 0.4) is 0 Å². The molecular weight excluding hydrogens is 268 g/mol. The minimum atomic E-state index is -0.0685. The smallest absolute Gasteiger partial charge is 0.254 e. The van der Waals surface area contributed by atoms with Crippen LogP contribution in [0.25, 0.3) is 11.0 Å². The lowest BCUT2D eigenvalue weighted by molar-refractivity contribution is 0.0721. The minimum Gasteiger partial charge on any atom is -0.395 e. The van der Waals surface area contributed by atoms with Gasteiger partial charge in [-0.05, 0) is 19.4 Å². The summed E-state index contributed by atoms with van der Waals surface area (Å²) in [6.45, 7) is 4.92. The molecule has 0 atom stereocenters. The Morgan fingerprint density at radius 2 is 2.19 bits per heavy atom. The van der Waals surface area contributed by atoms with Gasteiger partial charge in [-0.15, -0.1) is 0 Å². The first-order valence-electron chi connectivity index (χ1n) is 7.28. The van der Waals surface area contributed by atoms with E-state index in [2.05, 4.69) is 17.0 Å². The van der Waals surface area contributed by atoms with Gasteiger partial charge in [0.1, 0.15) is 0 Å². The number of hydrogen-bond donors (Lipinski definition) is 1. The van der Waals surface area contributed by atoms with Gasteiger partial charge in [0, 0.05) is 25.8 Å². The van der Waals surface area contributed by atoms with E-state index in [4.69, 9.17) is 0 Å². The van der Waals surface area contributed by atoms with Crippen LogP contribution in [0.2, 0.25) is 0 Å². The number of aryl methyl sites for hydroxylation is 2. The summed E-state index contributed by atoms with van der Waals surface area (Å²) in [4.78, 5) is 18.9. The summed E-state index contributed by atoms with van der Waals surface area (Å²) < 4.78 is 1.67. The zero-order valence-corrected chi connectivity index (χ0v) is 12.8. The summed E-state index contributed by atoms with van der Waals surface area (Å²) >= 11 is 0. The number of aromatic nitrogens is 3. The first-order valence-corrected chi connectivity index (χ1v) is 7.28. The molecule has 1 amide bonds. The Bertz CT molecular complexity index is 636. The molecule has 6 nitrogen and oxygen atoms in total. The summed E-state index contributed by atoms with van der Waals surface area (Å²) in [5.74, 6) is -0.0685. The van der Waals surface area contributed by atoms with Crippen molar-refractivity contribution in [2.24, 2.45) is 7.05 Å². The molecule has 2 aromatic rings. The number of fused-ring (bicyclic) bond motifs is 1. The first-order chi connectivity index (χ1) is 10.1. The molecule has 0 aliphatic carbocycles. The number of pyridine rings is 1. The van der Waals surface area contributed by atoms with Gasteiger partial charge in [0.25, 0.3) is 5.91 Å². The van der Waals surface area contributed by atoms with Gasteiger partial charge in [0.15, 0.2) is 5.65 Å². The molecular formula is C15H22N4O2. The second-order valence-electron chi connectivity index (χ2n) is 5.19. The van der Waals surface area contributed by atoms with Crippen LogP contribution in [-0.4, -0.2) is 50.4 Å². The molecule has 114 valence electrons. The van der Waals surface area contributed by atoms with Gasteiger partial charge >= 0.3 is 0 Å². The highest BCUT2D eigenvalue weighted by Crippen LogP contribution is 2.19. The molecule has 0 bridgehead atoms. The molecule has 1 N–H and O–H groups in total. The average Bonchev–Trinajstić information content (AvgIpc) is 2.83. The van der Waals surface area contributed by atoms with Crippen molar-refractivity contribution in [1.82, 2.24) is 19.7 Å². The van der Waals surface area contributed by atoms with Crippen LogP contribution in [0.1, 0.15) is 35.8 Å². The van der Waals surface area contributed by atoms with Crippen LogP contribution in [-0.2, 0) is 7.05 Å². The number of nitrogens with zero attached hydrogens (tertiary/aromatic N) is 4. The lowest BCUT2D eigenvalue weighted by Gasteiger charge is -2.22. The predicted octanol–water partition coefficient (Wildman–Crippen LogP) is 1.51. The maximum absolute atomic E-state index is 12.8. The fourth-order valence-corrected chi connectivity index (χ4v) is 2.37. The number of carbonyl (C=O) groups excluding carboxylic acids is 1. The second-order valence-corrected chi connectivity index (χ2v) is 5.19. The minimum absolute atomic E-state index is 0.0320. The maximum Gasteiger partial charge on any atom is 0.254 e. The topological polar surface area (TPSA) is 71.2 Å². The van der Waals surface area contributed by atoms with E-state index < -0.39 is 0 Å². The van der Waals surface area contributed by atoms with E-state index in [9.17, 15) is 9.90 Å². The van der Waals surface area contributed by atoms with Crippen LogP contribution < -0.4 is 0 Å². The van der Waals surface area contributed by atoms with Crippen molar-refractivity contribution in [2.75, 3.05) is 19.7 Å². The van der Waals surface area contributed by atoms with Crippen LogP contribution in [0.5, 0.6) is 0 Å². The monoisotopic (exact) mass is 290 g/mol. The molecule has 21 heavy (non-hydrogen) atoms. The Morgan fingerprint density at radius 3 is 2.86 bits per heavy atom. The molecule has 0 spiro atoms. The number of rotatable bonds is 6. The molecule has 0 saturated heterocycles. The molecule has 0 aliphatic heterocycles. The maximum atomic E-state index is 12.8. The van der Waals surface area contributed by atoms with Crippen molar-refractivity contribution in [3.05, 3.63) is 23.5 Å². The van der Waals surface area contributed by atoms with Crippen molar-refractivity contribution in [1.29, 1.82) is 0 Å². The summed E-state index contributed by atoms with van der Waals surface area (Å²) in [6.07, 6.45) is 3.60. The quantitative estimate of drug-likeness (QED) is 0.875. The molecule has 2 aromatic heterocycles.